The zero-order valence-electron chi connectivity index (χ0n) is 9.48. The second-order valence-corrected chi connectivity index (χ2v) is 3.32. The van der Waals surface area contributed by atoms with Gasteiger partial charge in [0.2, 0.25) is 0 Å². The summed E-state index contributed by atoms with van der Waals surface area (Å²) in [4.78, 5) is 11.4. The summed E-state index contributed by atoms with van der Waals surface area (Å²) >= 11 is 0. The van der Waals surface area contributed by atoms with E-state index >= 15 is 0 Å². The van der Waals surface area contributed by atoms with Gasteiger partial charge >= 0.3 is 6.03 Å². The van der Waals surface area contributed by atoms with Crippen molar-refractivity contribution in [3.63, 3.8) is 0 Å². The Morgan fingerprint density at radius 2 is 2.24 bits per heavy atom. The van der Waals surface area contributed by atoms with Crippen LogP contribution in [0.5, 0.6) is 0 Å². The number of benzene rings is 1. The van der Waals surface area contributed by atoms with Gasteiger partial charge in [0.25, 0.3) is 0 Å². The van der Waals surface area contributed by atoms with Gasteiger partial charge in [0.15, 0.2) is 0 Å². The molecule has 2 N–H and O–H groups in total. The number of hydrogen-bond acceptors (Lipinski definition) is 1. The van der Waals surface area contributed by atoms with E-state index in [0.29, 0.717) is 12.2 Å². The van der Waals surface area contributed by atoms with Crippen LogP contribution in [0.15, 0.2) is 43.0 Å². The highest BCUT2D eigenvalue weighted by Gasteiger charge is 1.99. The largest absolute Gasteiger partial charge is 0.334 e. The van der Waals surface area contributed by atoms with E-state index in [9.17, 15) is 9.90 Å². The molecule has 4 nitrogen and oxygen atoms in total. The van der Waals surface area contributed by atoms with E-state index in [1.165, 1.54) is 6.08 Å². The van der Waals surface area contributed by atoms with E-state index in [1.54, 1.807) is 24.3 Å². The lowest BCUT2D eigenvalue weighted by Crippen LogP contribution is -2.28. The number of amides is 2. The van der Waals surface area contributed by atoms with Gasteiger partial charge in [0.05, 0.1) is 0 Å². The summed E-state index contributed by atoms with van der Waals surface area (Å²) in [6.45, 7) is 3.67. The van der Waals surface area contributed by atoms with Crippen molar-refractivity contribution in [3.8, 4) is 0 Å². The van der Waals surface area contributed by atoms with Crippen LogP contribution in [0.25, 0.3) is 6.08 Å². The molecule has 0 heterocycles. The van der Waals surface area contributed by atoms with Crippen LogP contribution in [-0.2, 0) is 5.11 Å². The molecule has 0 fully saturated rings. The molecule has 1 radical (unpaired) electrons. The fourth-order valence-corrected chi connectivity index (χ4v) is 1.24. The first-order chi connectivity index (χ1) is 8.26. The molecule has 0 aliphatic heterocycles. The molecule has 0 saturated heterocycles. The van der Waals surface area contributed by atoms with Crippen LogP contribution >= 0.6 is 0 Å². The molecule has 2 amide bonds. The van der Waals surface area contributed by atoms with Crippen LogP contribution < -0.4 is 10.6 Å². The van der Waals surface area contributed by atoms with E-state index in [2.05, 4.69) is 17.2 Å². The highest BCUT2D eigenvalue weighted by molar-refractivity contribution is 5.89. The Balaban J connectivity index is 2.62. The van der Waals surface area contributed by atoms with E-state index < -0.39 is 0 Å². The number of hydrogen-bond donors (Lipinski definition) is 2. The van der Waals surface area contributed by atoms with Gasteiger partial charge in [0, 0.05) is 12.2 Å². The Morgan fingerprint density at radius 3 is 2.94 bits per heavy atom. The Bertz CT molecular complexity index is 414. The highest BCUT2D eigenvalue weighted by atomic mass is 16.2. The molecule has 1 aromatic rings. The number of nitrogens with one attached hydrogen (secondary N) is 2. The van der Waals surface area contributed by atoms with Gasteiger partial charge in [-0.25, -0.2) is 9.90 Å². The normalized spacial score (nSPS) is 10.2. The molecule has 0 saturated carbocycles. The second-order valence-electron chi connectivity index (χ2n) is 3.32. The standard InChI is InChI=1S/C13H15N2O2/c1-2-8-14-13(17)15-12-7-3-5-11(10-12)6-4-9-16/h2-7,10H,1,8-9H2,(H2,14,15,17)/b6-4+. The maximum atomic E-state index is 11.4. The minimum absolute atomic E-state index is 0.253. The van der Waals surface area contributed by atoms with Crippen molar-refractivity contribution in [2.75, 3.05) is 18.5 Å². The van der Waals surface area contributed by atoms with Gasteiger partial charge < -0.3 is 10.6 Å². The van der Waals surface area contributed by atoms with Crippen LogP contribution in [-0.4, -0.2) is 19.2 Å². The number of carbonyl (C=O) groups excluding carboxylic acids is 1. The third-order valence-corrected chi connectivity index (χ3v) is 1.96. The van der Waals surface area contributed by atoms with Gasteiger partial charge in [-0.15, -0.1) is 6.58 Å². The van der Waals surface area contributed by atoms with Crippen molar-refractivity contribution in [3.05, 3.63) is 48.6 Å². The quantitative estimate of drug-likeness (QED) is 0.751. The molecule has 0 spiro atoms. The predicted molar refractivity (Wildman–Crippen MR) is 68.2 cm³/mol. The van der Waals surface area contributed by atoms with Gasteiger partial charge in [0.1, 0.15) is 6.61 Å². The van der Waals surface area contributed by atoms with E-state index in [0.717, 1.165) is 5.56 Å². The van der Waals surface area contributed by atoms with E-state index in [4.69, 9.17) is 0 Å². The topological polar surface area (TPSA) is 61.0 Å². The van der Waals surface area contributed by atoms with Crippen molar-refractivity contribution in [2.45, 2.75) is 0 Å². The average Bonchev–Trinajstić information content (AvgIpc) is 2.34. The SMILES string of the molecule is C=CCNC(=O)Nc1cccc(/C=C/C[O])c1. The molecule has 0 atom stereocenters. The lowest BCUT2D eigenvalue weighted by atomic mass is 10.2. The third-order valence-electron chi connectivity index (χ3n) is 1.96. The Morgan fingerprint density at radius 1 is 1.41 bits per heavy atom. The molecule has 0 aliphatic rings. The first-order valence-electron chi connectivity index (χ1n) is 5.26. The molecule has 17 heavy (non-hydrogen) atoms. The molecular formula is C13H15N2O2. The van der Waals surface area contributed by atoms with Crippen LogP contribution in [0.1, 0.15) is 5.56 Å². The Hall–Kier alpha value is -2.07. The van der Waals surface area contributed by atoms with Crippen molar-refractivity contribution in [1.29, 1.82) is 0 Å². The van der Waals surface area contributed by atoms with Gasteiger partial charge in [-0.1, -0.05) is 30.4 Å². The predicted octanol–water partition coefficient (Wildman–Crippen LogP) is 2.44. The lowest BCUT2D eigenvalue weighted by Gasteiger charge is -2.06. The summed E-state index contributed by atoms with van der Waals surface area (Å²) in [5.74, 6) is 0. The third kappa shape index (κ3) is 4.99. The number of anilines is 1. The van der Waals surface area contributed by atoms with Crippen molar-refractivity contribution in [1.82, 2.24) is 5.32 Å². The summed E-state index contributed by atoms with van der Waals surface area (Å²) in [5, 5.41) is 15.6. The molecule has 1 aromatic carbocycles. The molecule has 89 valence electrons. The van der Waals surface area contributed by atoms with Crippen LogP contribution in [0.4, 0.5) is 10.5 Å². The summed E-state index contributed by atoms with van der Waals surface area (Å²) in [6.07, 6.45) is 4.85. The molecular weight excluding hydrogens is 216 g/mol. The van der Waals surface area contributed by atoms with Gasteiger partial charge in [-0.3, -0.25) is 0 Å². The molecule has 0 aliphatic carbocycles. The van der Waals surface area contributed by atoms with Gasteiger partial charge in [-0.05, 0) is 17.7 Å². The van der Waals surface area contributed by atoms with Crippen molar-refractivity contribution >= 4 is 17.8 Å². The maximum Gasteiger partial charge on any atom is 0.319 e. The van der Waals surface area contributed by atoms with Gasteiger partial charge in [-0.2, -0.15) is 0 Å². The smallest absolute Gasteiger partial charge is 0.319 e. The molecule has 4 heteroatoms. The summed E-state index contributed by atoms with van der Waals surface area (Å²) in [6, 6.07) is 6.96. The fourth-order valence-electron chi connectivity index (χ4n) is 1.24. The molecule has 1 rings (SSSR count). The van der Waals surface area contributed by atoms with Crippen LogP contribution in [0.3, 0.4) is 0 Å². The first kappa shape index (κ1) is 13.0. The molecule has 0 bridgehead atoms. The first-order valence-corrected chi connectivity index (χ1v) is 5.26. The minimum Gasteiger partial charge on any atom is -0.334 e. The number of urea groups is 1. The Kier molecular flexibility index (Phi) is 5.54. The fraction of sp³-hybridized carbons (Fsp3) is 0.154. The molecule has 0 unspecified atom stereocenters. The maximum absolute atomic E-state index is 11.4. The summed E-state index contributed by atoms with van der Waals surface area (Å²) in [5.41, 5.74) is 1.56. The average molecular weight is 231 g/mol. The van der Waals surface area contributed by atoms with Crippen molar-refractivity contribution < 1.29 is 9.90 Å². The zero-order chi connectivity index (χ0) is 12.5. The van der Waals surface area contributed by atoms with E-state index in [-0.39, 0.29) is 12.6 Å². The summed E-state index contributed by atoms with van der Waals surface area (Å²) in [7, 11) is 0. The monoisotopic (exact) mass is 231 g/mol. The highest BCUT2D eigenvalue weighted by Crippen LogP contribution is 2.11. The Labute approximate surface area is 101 Å². The lowest BCUT2D eigenvalue weighted by molar-refractivity contribution is 0.233. The molecule has 0 aromatic heterocycles. The van der Waals surface area contributed by atoms with Crippen LogP contribution in [0.2, 0.25) is 0 Å². The number of carbonyl (C=O) groups is 1. The van der Waals surface area contributed by atoms with Crippen LogP contribution in [0, 0.1) is 0 Å². The van der Waals surface area contributed by atoms with E-state index in [1.807, 2.05) is 12.1 Å². The minimum atomic E-state index is -0.283. The zero-order valence-corrected chi connectivity index (χ0v) is 9.48. The summed E-state index contributed by atoms with van der Waals surface area (Å²) < 4.78 is 0. The van der Waals surface area contributed by atoms with Crippen molar-refractivity contribution in [2.24, 2.45) is 0 Å². The number of rotatable bonds is 5. The second kappa shape index (κ2) is 7.24.